The van der Waals surface area contributed by atoms with Crippen molar-refractivity contribution in [2.75, 3.05) is 13.2 Å². The molecular weight excluding hydrogens is 376 g/mol. The highest BCUT2D eigenvalue weighted by atomic mass is 32.1. The largest absolute Gasteiger partial charge is 0.493 e. The lowest BCUT2D eigenvalue weighted by Crippen LogP contribution is -2.32. The van der Waals surface area contributed by atoms with Gasteiger partial charge in [0.2, 0.25) is 0 Å². The van der Waals surface area contributed by atoms with Gasteiger partial charge in [-0.3, -0.25) is 4.90 Å². The van der Waals surface area contributed by atoms with Gasteiger partial charge in [0, 0.05) is 26.2 Å². The van der Waals surface area contributed by atoms with E-state index >= 15 is 0 Å². The summed E-state index contributed by atoms with van der Waals surface area (Å²) in [6, 6.07) is 15.6. The van der Waals surface area contributed by atoms with E-state index in [4.69, 9.17) is 17.0 Å². The number of thiocarbonyl (C=S) groups is 1. The van der Waals surface area contributed by atoms with Crippen molar-refractivity contribution in [1.82, 2.24) is 10.2 Å². The molecule has 29 heavy (non-hydrogen) atoms. The summed E-state index contributed by atoms with van der Waals surface area (Å²) in [7, 11) is 0. The first kappa shape index (κ1) is 20.4. The molecule has 2 aromatic carbocycles. The smallest absolute Gasteiger partial charge is 0.119 e. The van der Waals surface area contributed by atoms with Crippen LogP contribution in [0, 0.1) is 5.92 Å². The van der Waals surface area contributed by atoms with E-state index in [0.29, 0.717) is 5.92 Å². The van der Waals surface area contributed by atoms with E-state index in [9.17, 15) is 0 Å². The van der Waals surface area contributed by atoms with Crippen LogP contribution in [0.2, 0.25) is 0 Å². The molecule has 4 heteroatoms. The predicted octanol–water partition coefficient (Wildman–Crippen LogP) is 5.42. The minimum Gasteiger partial charge on any atom is -0.493 e. The minimum absolute atomic E-state index is 0.528. The van der Waals surface area contributed by atoms with Crippen molar-refractivity contribution in [3.05, 3.63) is 64.7 Å². The number of benzene rings is 2. The van der Waals surface area contributed by atoms with Gasteiger partial charge >= 0.3 is 0 Å². The van der Waals surface area contributed by atoms with Crippen LogP contribution in [0.1, 0.15) is 61.3 Å². The van der Waals surface area contributed by atoms with Crippen LogP contribution in [0.5, 0.6) is 5.75 Å². The van der Waals surface area contributed by atoms with Crippen molar-refractivity contribution in [2.24, 2.45) is 5.92 Å². The highest BCUT2D eigenvalue weighted by Gasteiger charge is 2.23. The van der Waals surface area contributed by atoms with E-state index in [1.807, 2.05) is 6.92 Å². The molecule has 0 saturated heterocycles. The van der Waals surface area contributed by atoms with Crippen LogP contribution in [-0.2, 0) is 19.6 Å². The van der Waals surface area contributed by atoms with Crippen molar-refractivity contribution in [3.8, 4) is 5.75 Å². The Labute approximate surface area is 180 Å². The second kappa shape index (κ2) is 9.27. The third-order valence-electron chi connectivity index (χ3n) is 6.26. The summed E-state index contributed by atoms with van der Waals surface area (Å²) >= 11 is 5.09. The predicted molar refractivity (Wildman–Crippen MR) is 123 cm³/mol. The zero-order valence-electron chi connectivity index (χ0n) is 17.6. The lowest BCUT2D eigenvalue weighted by molar-refractivity contribution is 0.180. The number of nitrogens with zero attached hydrogens (tertiary/aromatic N) is 1. The maximum Gasteiger partial charge on any atom is 0.119 e. The number of hydrogen-bond donors (Lipinski definition) is 1. The molecule has 1 saturated carbocycles. The van der Waals surface area contributed by atoms with Crippen LogP contribution in [0.3, 0.4) is 0 Å². The van der Waals surface area contributed by atoms with Crippen molar-refractivity contribution in [3.63, 3.8) is 0 Å². The average molecular weight is 409 g/mol. The van der Waals surface area contributed by atoms with Gasteiger partial charge in [-0.25, -0.2) is 0 Å². The van der Waals surface area contributed by atoms with Crippen LogP contribution < -0.4 is 10.1 Å². The zero-order chi connectivity index (χ0) is 20.2. The Bertz CT molecular complexity index is 844. The number of rotatable bonds is 7. The van der Waals surface area contributed by atoms with Gasteiger partial charge in [-0.2, -0.15) is 0 Å². The molecule has 1 N–H and O–H groups in total. The van der Waals surface area contributed by atoms with Crippen LogP contribution in [-0.4, -0.2) is 23.0 Å². The molecule has 0 amide bonds. The van der Waals surface area contributed by atoms with E-state index in [1.165, 1.54) is 41.5 Å². The molecule has 2 aliphatic rings. The summed E-state index contributed by atoms with van der Waals surface area (Å²) in [5.74, 6) is 2.35. The Morgan fingerprint density at radius 1 is 1.14 bits per heavy atom. The molecule has 2 aromatic rings. The Morgan fingerprint density at radius 3 is 2.59 bits per heavy atom. The van der Waals surface area contributed by atoms with Gasteiger partial charge in [0.05, 0.1) is 11.6 Å². The van der Waals surface area contributed by atoms with Gasteiger partial charge in [-0.1, -0.05) is 55.9 Å². The molecule has 0 spiro atoms. The van der Waals surface area contributed by atoms with Gasteiger partial charge < -0.3 is 10.1 Å². The van der Waals surface area contributed by atoms with Crippen LogP contribution in [0.4, 0.5) is 0 Å². The van der Waals surface area contributed by atoms with E-state index in [-0.39, 0.29) is 0 Å². The second-order valence-electron chi connectivity index (χ2n) is 8.77. The number of nitrogens with one attached hydrogen (secondary N) is 1. The van der Waals surface area contributed by atoms with E-state index in [2.05, 4.69) is 59.6 Å². The topological polar surface area (TPSA) is 24.5 Å². The fourth-order valence-corrected chi connectivity index (χ4v) is 4.37. The Kier molecular flexibility index (Phi) is 6.51. The first-order valence-corrected chi connectivity index (χ1v) is 11.3. The fourth-order valence-electron chi connectivity index (χ4n) is 4.30. The molecule has 0 bridgehead atoms. The SMILES string of the molecule is CC(=S)NCc1ccc(CN2Cc3ccc(OCC4CCC4)cc3C(C)C2)cc1. The Hall–Kier alpha value is -1.91. The molecular formula is C25H32N2OS. The van der Waals surface area contributed by atoms with Crippen LogP contribution in [0.25, 0.3) is 0 Å². The molecule has 4 rings (SSSR count). The lowest BCUT2D eigenvalue weighted by Gasteiger charge is -2.33. The van der Waals surface area contributed by atoms with Gasteiger partial charge in [0.25, 0.3) is 0 Å². The molecule has 1 heterocycles. The molecule has 0 radical (unpaired) electrons. The Morgan fingerprint density at radius 2 is 1.90 bits per heavy atom. The zero-order valence-corrected chi connectivity index (χ0v) is 18.4. The number of ether oxygens (including phenoxy) is 1. The highest BCUT2D eigenvalue weighted by molar-refractivity contribution is 7.80. The molecule has 1 fully saturated rings. The van der Waals surface area contributed by atoms with Gasteiger partial charge in [0.15, 0.2) is 0 Å². The highest BCUT2D eigenvalue weighted by Crippen LogP contribution is 2.33. The molecule has 3 nitrogen and oxygen atoms in total. The van der Waals surface area contributed by atoms with Crippen molar-refractivity contribution in [2.45, 2.75) is 58.7 Å². The van der Waals surface area contributed by atoms with Crippen molar-refractivity contribution >= 4 is 17.2 Å². The molecule has 0 aromatic heterocycles. The van der Waals surface area contributed by atoms with Gasteiger partial charge in [-0.15, -0.1) is 0 Å². The summed E-state index contributed by atoms with van der Waals surface area (Å²) in [6.45, 7) is 9.03. The quantitative estimate of drug-likeness (QED) is 0.618. The summed E-state index contributed by atoms with van der Waals surface area (Å²) in [6.07, 6.45) is 4.04. The third kappa shape index (κ3) is 5.37. The summed E-state index contributed by atoms with van der Waals surface area (Å²) in [5.41, 5.74) is 5.54. The number of hydrogen-bond acceptors (Lipinski definition) is 3. The standard InChI is InChI=1S/C25H32N2OS/c1-18-14-27(15-21-8-6-20(7-9-21)13-26-19(2)29)16-23-10-11-24(12-25(18)23)28-17-22-4-3-5-22/h6-12,18,22H,3-5,13-17H2,1-2H3,(H,26,29). The number of fused-ring (bicyclic) bond motifs is 1. The second-order valence-corrected chi connectivity index (χ2v) is 9.38. The molecule has 1 aliphatic carbocycles. The maximum atomic E-state index is 6.07. The molecule has 154 valence electrons. The molecule has 1 aliphatic heterocycles. The lowest BCUT2D eigenvalue weighted by atomic mass is 9.86. The molecule has 1 atom stereocenters. The van der Waals surface area contributed by atoms with Crippen molar-refractivity contribution in [1.29, 1.82) is 0 Å². The van der Waals surface area contributed by atoms with Crippen molar-refractivity contribution < 1.29 is 4.74 Å². The first-order valence-electron chi connectivity index (χ1n) is 10.9. The summed E-state index contributed by atoms with van der Waals surface area (Å²) in [5, 5.41) is 3.22. The first-order chi connectivity index (χ1) is 14.1. The van der Waals surface area contributed by atoms with Gasteiger partial charge in [-0.05, 0) is 66.0 Å². The summed E-state index contributed by atoms with van der Waals surface area (Å²) in [4.78, 5) is 3.39. The minimum atomic E-state index is 0.528. The maximum absolute atomic E-state index is 6.07. The fraction of sp³-hybridized carbons (Fsp3) is 0.480. The van der Waals surface area contributed by atoms with Crippen LogP contribution in [0.15, 0.2) is 42.5 Å². The molecule has 1 unspecified atom stereocenters. The normalized spacial score (nSPS) is 19.3. The van der Waals surface area contributed by atoms with E-state index in [0.717, 1.165) is 49.4 Å². The third-order valence-corrected chi connectivity index (χ3v) is 6.40. The Balaban J connectivity index is 1.35. The van der Waals surface area contributed by atoms with Gasteiger partial charge in [0.1, 0.15) is 5.75 Å². The van der Waals surface area contributed by atoms with E-state index < -0.39 is 0 Å². The average Bonchev–Trinajstić information content (AvgIpc) is 2.66. The van der Waals surface area contributed by atoms with E-state index in [1.54, 1.807) is 0 Å². The summed E-state index contributed by atoms with van der Waals surface area (Å²) < 4.78 is 6.07. The van der Waals surface area contributed by atoms with Crippen LogP contribution >= 0.6 is 12.2 Å². The monoisotopic (exact) mass is 408 g/mol.